The molecule has 7 atom stereocenters. The van der Waals surface area contributed by atoms with Crippen LogP contribution in [0.2, 0.25) is 0 Å². The Morgan fingerprint density at radius 2 is 1.38 bits per heavy atom. The van der Waals surface area contributed by atoms with E-state index in [1.54, 1.807) is 13.8 Å². The standard InChI is InChI=1S/C27H47N3O10/c1-12-15(4)27(30(11)21(35)17(6)32,23(37)26(8,40)24(38)39)22(36)25(7,29(10)20(34)16(5)31)19(33)18(28-9)13-14(2)3/h14-18,28,31-32,40H,12-13H2,1-11H3,(H,38,39)/t15-,16-,17-,18-,25+,26-,27+/m0/s1/i9D,10D. The first kappa shape index (κ1) is 33.5. The van der Waals surface area contributed by atoms with Gasteiger partial charge in [-0.05, 0) is 53.0 Å². The summed E-state index contributed by atoms with van der Waals surface area (Å²) >= 11 is 0. The van der Waals surface area contributed by atoms with E-state index in [-0.39, 0.29) is 18.8 Å². The molecule has 0 heterocycles. The van der Waals surface area contributed by atoms with Gasteiger partial charge in [0.05, 0.1) is 6.04 Å². The molecular weight excluding hydrogens is 526 g/mol. The minimum atomic E-state index is -3.31. The largest absolute Gasteiger partial charge is 0.479 e. The predicted octanol–water partition coefficient (Wildman–Crippen LogP) is -0.615. The number of rotatable bonds is 16. The van der Waals surface area contributed by atoms with Crippen LogP contribution in [-0.4, -0.2) is 121 Å². The van der Waals surface area contributed by atoms with E-state index < -0.39 is 90.0 Å². The molecule has 0 aromatic carbocycles. The lowest BCUT2D eigenvalue weighted by Crippen LogP contribution is -2.78. The normalized spacial score (nSPS) is 19.8. The molecule has 0 unspecified atom stereocenters. The molecule has 0 aliphatic rings. The van der Waals surface area contributed by atoms with Gasteiger partial charge in [0.1, 0.15) is 12.2 Å². The van der Waals surface area contributed by atoms with Crippen molar-refractivity contribution in [1.82, 2.24) is 15.1 Å². The number of amides is 2. The highest BCUT2D eigenvalue weighted by atomic mass is 16.4. The zero-order chi connectivity index (χ0) is 33.5. The van der Waals surface area contributed by atoms with E-state index in [1.165, 1.54) is 13.8 Å². The van der Waals surface area contributed by atoms with Crippen molar-refractivity contribution < 1.29 is 51.9 Å². The third-order valence-corrected chi connectivity index (χ3v) is 7.45. The number of hydrogen-bond donors (Lipinski definition) is 5. The molecule has 0 aliphatic heterocycles. The van der Waals surface area contributed by atoms with Gasteiger partial charge in [-0.25, -0.2) is 4.79 Å². The number of carbonyl (C=O) groups excluding carboxylic acids is 5. The number of aliphatic hydroxyl groups excluding tert-OH is 2. The van der Waals surface area contributed by atoms with Crippen molar-refractivity contribution in [2.75, 3.05) is 21.1 Å². The molecule has 230 valence electrons. The summed E-state index contributed by atoms with van der Waals surface area (Å²) in [5.74, 6) is -10.5. The van der Waals surface area contributed by atoms with Crippen LogP contribution in [0.4, 0.5) is 0 Å². The van der Waals surface area contributed by atoms with Gasteiger partial charge in [-0.2, -0.15) is 0 Å². The van der Waals surface area contributed by atoms with Crippen LogP contribution >= 0.6 is 0 Å². The number of nitrogens with zero attached hydrogens (tertiary/aromatic N) is 2. The number of carbonyl (C=O) groups is 6. The minimum absolute atomic E-state index is 0.0227. The van der Waals surface area contributed by atoms with E-state index in [1.807, 2.05) is 0 Å². The van der Waals surface area contributed by atoms with Gasteiger partial charge >= 0.3 is 5.97 Å². The number of aliphatic carboxylic acids is 1. The summed E-state index contributed by atoms with van der Waals surface area (Å²) in [5.41, 5.74) is -9.14. The summed E-state index contributed by atoms with van der Waals surface area (Å²) < 4.78 is 15.7. The number of likely N-dealkylation sites (N-methyl/N-ethyl adjacent to an activating group) is 3. The first-order valence-electron chi connectivity index (χ1n) is 14.4. The molecule has 13 heteroatoms. The molecule has 5 N–H and O–H groups in total. The molecule has 0 fully saturated rings. The first-order chi connectivity index (χ1) is 19.1. The van der Waals surface area contributed by atoms with Crippen LogP contribution in [0.25, 0.3) is 0 Å². The monoisotopic (exact) mass is 575 g/mol. The maximum Gasteiger partial charge on any atom is 0.343 e. The Hall–Kier alpha value is -2.74. The van der Waals surface area contributed by atoms with Gasteiger partial charge in [-0.3, -0.25) is 24.0 Å². The second kappa shape index (κ2) is 13.7. The molecule has 0 saturated carbocycles. The highest BCUT2D eigenvalue weighted by Crippen LogP contribution is 2.39. The second-order valence-electron chi connectivity index (χ2n) is 10.9. The zero-order valence-electron chi connectivity index (χ0n) is 26.8. The van der Waals surface area contributed by atoms with Gasteiger partial charge in [0, 0.05) is 16.8 Å². The van der Waals surface area contributed by atoms with Crippen molar-refractivity contribution in [3.63, 3.8) is 0 Å². The van der Waals surface area contributed by atoms with Crippen LogP contribution in [0.15, 0.2) is 0 Å². The molecule has 0 aromatic rings. The van der Waals surface area contributed by atoms with Crippen LogP contribution in [-0.2, 0) is 28.8 Å². The molecule has 0 saturated heterocycles. The molecular formula is C27H47N3O10. The Morgan fingerprint density at radius 3 is 1.73 bits per heavy atom. The lowest BCUT2D eigenvalue weighted by atomic mass is 9.64. The number of Topliss-reactive ketones (excluding diaryl/α,β-unsaturated/α-hetero) is 3. The van der Waals surface area contributed by atoms with E-state index in [2.05, 4.69) is 5.32 Å². The third kappa shape index (κ3) is 6.59. The van der Waals surface area contributed by atoms with Crippen LogP contribution < -0.4 is 5.32 Å². The molecule has 0 aliphatic carbocycles. The topological polar surface area (TPSA) is 202 Å². The van der Waals surface area contributed by atoms with Crippen molar-refractivity contribution in [3.05, 3.63) is 0 Å². The fourth-order valence-corrected chi connectivity index (χ4v) is 4.68. The molecule has 0 radical (unpaired) electrons. The summed E-state index contributed by atoms with van der Waals surface area (Å²) in [5, 5.41) is 43.6. The average Bonchev–Trinajstić information content (AvgIpc) is 2.91. The smallest absolute Gasteiger partial charge is 0.343 e. The van der Waals surface area contributed by atoms with Crippen LogP contribution in [0.3, 0.4) is 0 Å². The molecule has 2 amide bonds. The lowest BCUT2D eigenvalue weighted by Gasteiger charge is -2.51. The first-order valence-corrected chi connectivity index (χ1v) is 13.0. The maximum atomic E-state index is 15.1. The fourth-order valence-electron chi connectivity index (χ4n) is 4.68. The summed E-state index contributed by atoms with van der Waals surface area (Å²) in [6, 6.07) is -1.31. The summed E-state index contributed by atoms with van der Waals surface area (Å²) in [6.45, 7) is 9.82. The van der Waals surface area contributed by atoms with E-state index in [4.69, 9.17) is 2.74 Å². The number of aliphatic hydroxyl groups is 3. The fraction of sp³-hybridized carbons (Fsp3) is 0.778. The van der Waals surface area contributed by atoms with Crippen molar-refractivity contribution >= 4 is 35.1 Å². The number of carboxylic acids is 1. The predicted molar refractivity (Wildman–Crippen MR) is 145 cm³/mol. The number of carboxylic acid groups (broad SMARTS) is 1. The Labute approximate surface area is 238 Å². The summed E-state index contributed by atoms with van der Waals surface area (Å²) in [6.07, 6.45) is -3.76. The summed E-state index contributed by atoms with van der Waals surface area (Å²) in [7, 11) is -0.682. The van der Waals surface area contributed by atoms with E-state index in [0.717, 1.165) is 27.8 Å². The van der Waals surface area contributed by atoms with Crippen LogP contribution in [0.5, 0.6) is 0 Å². The van der Waals surface area contributed by atoms with Gasteiger partial charge in [0.25, 0.3) is 11.8 Å². The molecule has 40 heavy (non-hydrogen) atoms. The average molecular weight is 576 g/mol. The van der Waals surface area contributed by atoms with Gasteiger partial charge in [0.15, 0.2) is 22.6 Å². The van der Waals surface area contributed by atoms with Crippen LogP contribution in [0, 0.1) is 11.8 Å². The van der Waals surface area contributed by atoms with E-state index in [9.17, 15) is 44.4 Å². The number of hydrogen-bond acceptors (Lipinski definition) is 10. The summed E-state index contributed by atoms with van der Waals surface area (Å²) in [4.78, 5) is 83.1. The van der Waals surface area contributed by atoms with Crippen molar-refractivity contribution in [3.8, 4) is 0 Å². The number of nitrogens with one attached hydrogen (secondary N) is 1. The third-order valence-electron chi connectivity index (χ3n) is 7.45. The Bertz CT molecular complexity index is 1040. The van der Waals surface area contributed by atoms with Gasteiger partial charge in [0.2, 0.25) is 11.4 Å². The maximum absolute atomic E-state index is 15.1. The van der Waals surface area contributed by atoms with E-state index >= 15 is 4.79 Å². The van der Waals surface area contributed by atoms with Crippen molar-refractivity contribution in [2.24, 2.45) is 11.8 Å². The van der Waals surface area contributed by atoms with Crippen LogP contribution in [0.1, 0.15) is 71.0 Å². The van der Waals surface area contributed by atoms with Crippen molar-refractivity contribution in [2.45, 2.75) is 103 Å². The minimum Gasteiger partial charge on any atom is -0.479 e. The SMILES string of the molecule is [2H]CN[C@@H](CC(C)C)C(=O)[C@](C)(C(=O)[C@@](C(=O)[C@](C)(O)C(=O)O)([C@@H](C)CC)N(C)C(=O)[C@H](C)O)N(C[2H])C(=O)[C@H](C)O. The second-order valence-corrected chi connectivity index (χ2v) is 10.9. The number of ketones is 3. The molecule has 13 nitrogen and oxygen atoms in total. The van der Waals surface area contributed by atoms with Crippen molar-refractivity contribution in [1.29, 1.82) is 0 Å². The zero-order valence-corrected chi connectivity index (χ0v) is 24.8. The lowest BCUT2D eigenvalue weighted by molar-refractivity contribution is -0.180. The Kier molecular flexibility index (Phi) is 11.5. The van der Waals surface area contributed by atoms with Gasteiger partial charge in [-0.1, -0.05) is 34.1 Å². The van der Waals surface area contributed by atoms with E-state index in [0.29, 0.717) is 16.7 Å². The highest BCUT2D eigenvalue weighted by Gasteiger charge is 2.67. The molecule has 0 spiro atoms. The molecule has 0 aromatic heterocycles. The highest BCUT2D eigenvalue weighted by molar-refractivity contribution is 6.30. The van der Waals surface area contributed by atoms with Gasteiger partial charge < -0.3 is 35.5 Å². The Balaban J connectivity index is 8.32. The quantitative estimate of drug-likeness (QED) is 0.147. The molecule has 0 bridgehead atoms. The Morgan fingerprint density at radius 1 is 0.900 bits per heavy atom. The van der Waals surface area contributed by atoms with Gasteiger partial charge in [-0.15, -0.1) is 0 Å². The molecule has 0 rings (SSSR count).